The number of aryl methyl sites for hydroxylation is 2. The smallest absolute Gasteiger partial charge is 0.430 e. The lowest BCUT2D eigenvalue weighted by atomic mass is 10.1. The number of halogens is 6. The number of carboxylic acids is 2. The molecule has 16 heteroatoms. The van der Waals surface area contributed by atoms with Crippen molar-refractivity contribution in [3.8, 4) is 0 Å². The summed E-state index contributed by atoms with van der Waals surface area (Å²) < 4.78 is 67.8. The third-order valence-corrected chi connectivity index (χ3v) is 9.75. The molecular weight excluding hydrogens is 815 g/mol. The van der Waals surface area contributed by atoms with Crippen LogP contribution in [0.3, 0.4) is 0 Å². The van der Waals surface area contributed by atoms with Gasteiger partial charge in [-0.15, -0.1) is 0 Å². The largest absolute Gasteiger partial charge is 0.542 e. The predicted octanol–water partition coefficient (Wildman–Crippen LogP) is 7.37. The van der Waals surface area contributed by atoms with Gasteiger partial charge in [-0.3, -0.25) is 0 Å². The maximum Gasteiger partial charge on any atom is 0.430 e. The van der Waals surface area contributed by atoms with Crippen molar-refractivity contribution in [3.05, 3.63) is 133 Å². The number of aromatic nitrogens is 2. The fourth-order valence-corrected chi connectivity index (χ4v) is 6.61. The zero-order valence-electron chi connectivity index (χ0n) is 34.0. The first-order valence-corrected chi connectivity index (χ1v) is 20.1. The number of nitrogens with two attached hydrogens (primary N) is 2. The van der Waals surface area contributed by atoms with Crippen LogP contribution in [0.4, 0.5) is 49.1 Å². The molecule has 0 atom stereocenters. The normalized spacial score (nSPS) is 11.3. The summed E-state index contributed by atoms with van der Waals surface area (Å²) in [6, 6.07) is 38.0. The van der Waals surface area contributed by atoms with E-state index in [1.165, 1.54) is 84.3 Å². The summed E-state index contributed by atoms with van der Waals surface area (Å²) in [6.45, 7) is 3.62. The highest BCUT2D eigenvalue weighted by Gasteiger charge is 2.29. The molecule has 62 heavy (non-hydrogen) atoms. The minimum atomic E-state index is -5.19. The summed E-state index contributed by atoms with van der Waals surface area (Å²) >= 11 is 0. The maximum absolute atomic E-state index is 10.5. The molecule has 330 valence electrons. The lowest BCUT2D eigenvalue weighted by Gasteiger charge is -2.11. The van der Waals surface area contributed by atoms with E-state index in [9.17, 15) is 26.3 Å². The SMILES string of the molecule is Nc1ccc2c(NCc3ccccc3)cc[n+](CCCCCCCCCC[n+]3ccc(NCc4ccccc4)c4ccc(N)cc43)c2c1.O=C([O-])C(F)(F)F.O=C([O-])C(F)(F)F. The van der Waals surface area contributed by atoms with Crippen molar-refractivity contribution in [2.75, 3.05) is 22.1 Å². The van der Waals surface area contributed by atoms with Crippen molar-refractivity contribution in [2.24, 2.45) is 0 Å². The summed E-state index contributed by atoms with van der Waals surface area (Å²) in [5, 5.41) is 27.2. The number of pyridine rings is 2. The molecule has 2 heterocycles. The fourth-order valence-electron chi connectivity index (χ4n) is 6.61. The number of hydrogen-bond acceptors (Lipinski definition) is 8. The molecule has 0 unspecified atom stereocenters. The van der Waals surface area contributed by atoms with E-state index in [-0.39, 0.29) is 0 Å². The fraction of sp³-hybridized carbons (Fsp3) is 0.304. The van der Waals surface area contributed by atoms with Crippen LogP contribution in [-0.4, -0.2) is 24.3 Å². The molecule has 0 amide bonds. The van der Waals surface area contributed by atoms with Crippen molar-refractivity contribution in [2.45, 2.75) is 89.9 Å². The number of nitrogens with one attached hydrogen (secondary N) is 2. The van der Waals surface area contributed by atoms with E-state index in [0.717, 1.165) is 48.9 Å². The van der Waals surface area contributed by atoms with Gasteiger partial charge in [-0.25, -0.2) is 0 Å². The molecule has 0 spiro atoms. The summed E-state index contributed by atoms with van der Waals surface area (Å²) in [7, 11) is 0. The van der Waals surface area contributed by atoms with E-state index < -0.39 is 24.3 Å². The number of carbonyl (C=O) groups is 2. The Bertz CT molecular complexity index is 2180. The molecule has 0 saturated heterocycles. The van der Waals surface area contributed by atoms with Crippen molar-refractivity contribution in [1.82, 2.24) is 0 Å². The van der Waals surface area contributed by atoms with Gasteiger partial charge in [-0.2, -0.15) is 35.5 Å². The number of aliphatic carboxylic acids is 2. The van der Waals surface area contributed by atoms with Crippen LogP contribution in [0, 0.1) is 0 Å². The highest BCUT2D eigenvalue weighted by atomic mass is 19.4. The van der Waals surface area contributed by atoms with Crippen LogP contribution in [0.15, 0.2) is 122 Å². The van der Waals surface area contributed by atoms with E-state index in [1.54, 1.807) is 0 Å². The Morgan fingerprint density at radius 3 is 1.15 bits per heavy atom. The number of unbranched alkanes of at least 4 members (excludes halogenated alkanes) is 7. The van der Waals surface area contributed by atoms with Crippen LogP contribution in [0.25, 0.3) is 21.8 Å². The van der Waals surface area contributed by atoms with Crippen LogP contribution in [0.5, 0.6) is 0 Å². The van der Waals surface area contributed by atoms with Gasteiger partial charge >= 0.3 is 12.4 Å². The Kier molecular flexibility index (Phi) is 18.2. The van der Waals surface area contributed by atoms with Gasteiger partial charge in [0.15, 0.2) is 12.4 Å². The van der Waals surface area contributed by atoms with Crippen molar-refractivity contribution in [3.63, 3.8) is 0 Å². The quantitative estimate of drug-likeness (QED) is 0.0320. The van der Waals surface area contributed by atoms with Gasteiger partial charge in [-0.05, 0) is 48.2 Å². The molecule has 6 N–H and O–H groups in total. The number of alkyl halides is 6. The zero-order valence-corrected chi connectivity index (χ0v) is 34.0. The third-order valence-electron chi connectivity index (χ3n) is 9.75. The summed E-state index contributed by atoms with van der Waals surface area (Å²) in [4.78, 5) is 17.6. The monoisotopic (exact) mass is 864 g/mol. The molecular formula is C46H50F6N6O4. The molecule has 6 aromatic rings. The minimum Gasteiger partial charge on any atom is -0.542 e. The van der Waals surface area contributed by atoms with Gasteiger partial charge in [0.25, 0.3) is 0 Å². The highest BCUT2D eigenvalue weighted by Crippen LogP contribution is 2.25. The number of rotatable bonds is 17. The lowest BCUT2D eigenvalue weighted by Crippen LogP contribution is -2.37. The van der Waals surface area contributed by atoms with Crippen LogP contribution in [0.1, 0.15) is 62.5 Å². The van der Waals surface area contributed by atoms with Crippen LogP contribution in [0.2, 0.25) is 0 Å². The van der Waals surface area contributed by atoms with Gasteiger partial charge < -0.3 is 41.9 Å². The summed E-state index contributed by atoms with van der Waals surface area (Å²) in [6.07, 6.45) is 4.05. The van der Waals surface area contributed by atoms with Gasteiger partial charge in [-0.1, -0.05) is 86.3 Å². The summed E-state index contributed by atoms with van der Waals surface area (Å²) in [5.74, 6) is -6.01. The first-order valence-electron chi connectivity index (χ1n) is 20.1. The Balaban J connectivity index is 0.000000521. The molecule has 10 nitrogen and oxygen atoms in total. The number of fused-ring (bicyclic) bond motifs is 2. The van der Waals surface area contributed by atoms with Gasteiger partial charge in [0.2, 0.25) is 11.0 Å². The number of anilines is 4. The molecule has 0 fully saturated rings. The molecule has 0 aliphatic carbocycles. The first kappa shape index (κ1) is 48.1. The van der Waals surface area contributed by atoms with Crippen LogP contribution >= 0.6 is 0 Å². The van der Waals surface area contributed by atoms with Gasteiger partial charge in [0.1, 0.15) is 25.0 Å². The van der Waals surface area contributed by atoms with E-state index in [0.29, 0.717) is 0 Å². The number of hydrogen-bond donors (Lipinski definition) is 4. The van der Waals surface area contributed by atoms with Crippen molar-refractivity contribution >= 4 is 56.5 Å². The van der Waals surface area contributed by atoms with Crippen LogP contribution in [-0.2, 0) is 35.8 Å². The second kappa shape index (κ2) is 23.4. The Morgan fingerprint density at radius 1 is 0.500 bits per heavy atom. The van der Waals surface area contributed by atoms with Crippen molar-refractivity contribution < 1.29 is 55.3 Å². The lowest BCUT2D eigenvalue weighted by molar-refractivity contribution is -0.672. The molecule has 6 rings (SSSR count). The molecule has 0 bridgehead atoms. The number of benzene rings is 4. The Hall–Kier alpha value is -6.58. The average Bonchev–Trinajstić information content (AvgIpc) is 3.23. The van der Waals surface area contributed by atoms with E-state index in [4.69, 9.17) is 31.3 Å². The first-order chi connectivity index (χ1) is 29.5. The molecule has 0 aliphatic rings. The van der Waals surface area contributed by atoms with Gasteiger partial charge in [0, 0.05) is 61.6 Å². The van der Waals surface area contributed by atoms with E-state index in [1.807, 2.05) is 12.1 Å². The maximum atomic E-state index is 10.5. The average molecular weight is 865 g/mol. The topological polar surface area (TPSA) is 164 Å². The van der Waals surface area contributed by atoms with Gasteiger partial charge in [0.05, 0.1) is 22.1 Å². The number of nitrogen functional groups attached to an aromatic ring is 2. The summed E-state index contributed by atoms with van der Waals surface area (Å²) in [5.41, 5.74) is 21.3. The molecule has 0 saturated carbocycles. The minimum absolute atomic E-state index is 0.801. The second-order valence-corrected chi connectivity index (χ2v) is 14.5. The second-order valence-electron chi connectivity index (χ2n) is 14.5. The molecule has 0 aliphatic heterocycles. The van der Waals surface area contributed by atoms with Crippen LogP contribution < -0.4 is 41.4 Å². The molecule has 0 radical (unpaired) electrons. The van der Waals surface area contributed by atoms with Crippen molar-refractivity contribution in [1.29, 1.82) is 0 Å². The number of nitrogens with zero attached hydrogens (tertiary/aromatic N) is 2. The molecule has 2 aromatic heterocycles. The highest BCUT2D eigenvalue weighted by molar-refractivity contribution is 5.91. The molecule has 4 aromatic carbocycles. The van der Waals surface area contributed by atoms with E-state index in [2.05, 4.69) is 129 Å². The third kappa shape index (κ3) is 15.8. The number of carboxylic acid groups (broad SMARTS) is 2. The zero-order chi connectivity index (χ0) is 45.1. The number of carbonyl (C=O) groups excluding carboxylic acids is 2. The van der Waals surface area contributed by atoms with E-state index >= 15 is 0 Å². The Labute approximate surface area is 355 Å². The predicted molar refractivity (Wildman–Crippen MR) is 224 cm³/mol. The standard InChI is InChI=1S/C42H48N6.2C2HF3O2/c43-35-19-21-37-39(45-31-33-15-9-7-10-16-33)23-27-47(41(37)29-35)25-13-5-3-1-2-4-6-14-26-48-28-24-40(38-22-20-36(44)30-42(38)48)46-32-34-17-11-8-12-18-34;2*3-2(4,5)1(6)7/h7-12,15-24,27-30H,1-6,13-14,25-26,31-32H2,(H4,43,44,45,46);2*(H,6,7). The Morgan fingerprint density at radius 2 is 0.823 bits per heavy atom.